The van der Waals surface area contributed by atoms with E-state index in [2.05, 4.69) is 4.99 Å². The summed E-state index contributed by atoms with van der Waals surface area (Å²) < 4.78 is 0.674. The fourth-order valence-corrected chi connectivity index (χ4v) is 2.72. The van der Waals surface area contributed by atoms with Crippen LogP contribution in [0.15, 0.2) is 47.5 Å². The summed E-state index contributed by atoms with van der Waals surface area (Å²) in [4.78, 5) is 16.6. The Morgan fingerprint density at radius 1 is 1.00 bits per heavy atom. The number of benzene rings is 2. The molecule has 0 bridgehead atoms. The van der Waals surface area contributed by atoms with E-state index in [0.717, 1.165) is 0 Å². The van der Waals surface area contributed by atoms with Crippen molar-refractivity contribution in [2.45, 2.75) is 0 Å². The van der Waals surface area contributed by atoms with Crippen molar-refractivity contribution in [3.05, 3.63) is 53.7 Å². The van der Waals surface area contributed by atoms with Gasteiger partial charge in [0.15, 0.2) is 11.4 Å². The summed E-state index contributed by atoms with van der Waals surface area (Å²) in [6.07, 6.45) is 0. The van der Waals surface area contributed by atoms with Crippen molar-refractivity contribution in [2.24, 2.45) is 4.99 Å². The molecule has 1 aliphatic rings. The lowest BCUT2D eigenvalue weighted by Crippen LogP contribution is -2.15. The van der Waals surface area contributed by atoms with Gasteiger partial charge in [-0.3, -0.25) is 4.79 Å². The number of Topliss-reactive ketones (excluding diaryl/α,β-unsaturated/α-hetero) is 1. The molecule has 1 aromatic heterocycles. The number of carbonyl (C=O) groups excluding carboxylic acids is 1. The van der Waals surface area contributed by atoms with Crippen LogP contribution in [0.1, 0.15) is 16.1 Å². The average molecular weight is 294 g/mol. The first-order valence-electron chi connectivity index (χ1n) is 6.57. The molecule has 108 valence electrons. The van der Waals surface area contributed by atoms with Gasteiger partial charge in [0, 0.05) is 5.56 Å². The number of rotatable bonds is 1. The molecule has 1 aliphatic heterocycles. The molecule has 2 heterocycles. The second-order valence-electron chi connectivity index (χ2n) is 4.99. The van der Waals surface area contributed by atoms with E-state index in [1.165, 1.54) is 18.2 Å². The van der Waals surface area contributed by atoms with Gasteiger partial charge in [0.25, 0.3) is 0 Å². The first-order valence-corrected chi connectivity index (χ1v) is 6.57. The van der Waals surface area contributed by atoms with Gasteiger partial charge in [-0.05, 0) is 24.3 Å². The lowest BCUT2D eigenvalue weighted by Gasteiger charge is -2.01. The lowest BCUT2D eigenvalue weighted by atomic mass is 10.1. The SMILES string of the molecule is O=C1C(c2c(O)c3c(O)cccc3n2O)=Nc2ccccc21. The Morgan fingerprint density at radius 3 is 2.50 bits per heavy atom. The Bertz CT molecular complexity index is 985. The molecule has 0 spiro atoms. The van der Waals surface area contributed by atoms with Crippen molar-refractivity contribution in [1.29, 1.82) is 0 Å². The van der Waals surface area contributed by atoms with Gasteiger partial charge < -0.3 is 15.4 Å². The monoisotopic (exact) mass is 294 g/mol. The molecule has 0 atom stereocenters. The molecular formula is C16H10N2O4. The van der Waals surface area contributed by atoms with Crippen molar-refractivity contribution < 1.29 is 20.2 Å². The summed E-state index contributed by atoms with van der Waals surface area (Å²) in [5.41, 5.74) is 0.899. The number of phenolic OH excluding ortho intramolecular Hbond substituents is 1. The second-order valence-corrected chi connectivity index (χ2v) is 4.99. The summed E-state index contributed by atoms with van der Waals surface area (Å²) in [5, 5.41) is 30.5. The van der Waals surface area contributed by atoms with Crippen LogP contribution in [-0.4, -0.2) is 31.6 Å². The minimum atomic E-state index is -0.386. The van der Waals surface area contributed by atoms with E-state index < -0.39 is 0 Å². The van der Waals surface area contributed by atoms with Gasteiger partial charge in [0.2, 0.25) is 5.78 Å². The van der Waals surface area contributed by atoms with Gasteiger partial charge in [0.05, 0.1) is 16.6 Å². The topological polar surface area (TPSA) is 95.0 Å². The largest absolute Gasteiger partial charge is 0.507 e. The zero-order valence-electron chi connectivity index (χ0n) is 11.2. The number of hydrogen-bond donors (Lipinski definition) is 3. The number of carbonyl (C=O) groups is 1. The molecule has 6 heteroatoms. The quantitative estimate of drug-likeness (QED) is 0.601. The fraction of sp³-hybridized carbons (Fsp3) is 0. The maximum atomic E-state index is 12.4. The number of para-hydroxylation sites is 1. The number of ketones is 1. The minimum Gasteiger partial charge on any atom is -0.507 e. The molecule has 0 saturated heterocycles. The van der Waals surface area contributed by atoms with Crippen LogP contribution in [0.4, 0.5) is 5.69 Å². The molecule has 3 aromatic rings. The molecule has 2 aromatic carbocycles. The smallest absolute Gasteiger partial charge is 0.215 e. The highest BCUT2D eigenvalue weighted by Gasteiger charge is 2.32. The Hall–Kier alpha value is -3.28. The summed E-state index contributed by atoms with van der Waals surface area (Å²) in [6.45, 7) is 0. The van der Waals surface area contributed by atoms with E-state index in [9.17, 15) is 20.2 Å². The third kappa shape index (κ3) is 1.43. The standard InChI is InChI=1S/C16H10N2O4/c19-11-7-3-6-10-12(11)16(21)14(18(10)22)13-15(20)8-4-1-2-5-9(8)17-13/h1-7,19,21-22H. The van der Waals surface area contributed by atoms with Crippen molar-refractivity contribution in [2.75, 3.05) is 0 Å². The molecule has 6 nitrogen and oxygen atoms in total. The van der Waals surface area contributed by atoms with E-state index in [4.69, 9.17) is 0 Å². The van der Waals surface area contributed by atoms with Gasteiger partial charge >= 0.3 is 0 Å². The van der Waals surface area contributed by atoms with E-state index in [1.807, 2.05) is 0 Å². The van der Waals surface area contributed by atoms with Gasteiger partial charge in [-0.15, -0.1) is 0 Å². The Labute approximate surface area is 124 Å². The highest BCUT2D eigenvalue weighted by Crippen LogP contribution is 2.40. The molecule has 0 fully saturated rings. The summed E-state index contributed by atoms with van der Waals surface area (Å²) in [6, 6.07) is 11.2. The molecular weight excluding hydrogens is 284 g/mol. The number of nitrogens with zero attached hydrogens (tertiary/aromatic N) is 2. The maximum Gasteiger partial charge on any atom is 0.215 e. The second kappa shape index (κ2) is 4.11. The number of hydrogen-bond acceptors (Lipinski definition) is 5. The number of aromatic hydroxyl groups is 2. The van der Waals surface area contributed by atoms with E-state index in [0.29, 0.717) is 16.0 Å². The molecule has 0 unspecified atom stereocenters. The van der Waals surface area contributed by atoms with E-state index in [-0.39, 0.29) is 39.6 Å². The van der Waals surface area contributed by atoms with Gasteiger partial charge in [-0.1, -0.05) is 18.2 Å². The molecule has 0 saturated carbocycles. The van der Waals surface area contributed by atoms with Crippen LogP contribution in [0.3, 0.4) is 0 Å². The van der Waals surface area contributed by atoms with Crippen LogP contribution in [-0.2, 0) is 0 Å². The Balaban J connectivity index is 2.02. The van der Waals surface area contributed by atoms with Crippen molar-refractivity contribution in [3.63, 3.8) is 0 Å². The van der Waals surface area contributed by atoms with Crippen molar-refractivity contribution in [1.82, 2.24) is 4.73 Å². The first kappa shape index (κ1) is 12.5. The predicted octanol–water partition coefficient (Wildman–Crippen LogP) is 2.61. The molecule has 0 aliphatic carbocycles. The first-order chi connectivity index (χ1) is 10.6. The number of aliphatic imine (C=N–C) groups is 1. The van der Waals surface area contributed by atoms with Crippen molar-refractivity contribution in [3.8, 4) is 11.5 Å². The molecule has 4 rings (SSSR count). The zero-order chi connectivity index (χ0) is 15.4. The third-order valence-corrected chi connectivity index (χ3v) is 3.74. The van der Waals surface area contributed by atoms with E-state index in [1.54, 1.807) is 24.3 Å². The Morgan fingerprint density at radius 2 is 1.77 bits per heavy atom. The molecule has 22 heavy (non-hydrogen) atoms. The summed E-state index contributed by atoms with van der Waals surface area (Å²) >= 11 is 0. The van der Waals surface area contributed by atoms with Crippen LogP contribution < -0.4 is 0 Å². The van der Waals surface area contributed by atoms with Gasteiger partial charge in [0.1, 0.15) is 11.5 Å². The normalized spacial score (nSPS) is 13.5. The van der Waals surface area contributed by atoms with Gasteiger partial charge in [-0.25, -0.2) is 4.99 Å². The lowest BCUT2D eigenvalue weighted by molar-refractivity contribution is 0.106. The Kier molecular flexibility index (Phi) is 2.33. The van der Waals surface area contributed by atoms with Crippen LogP contribution in [0.5, 0.6) is 11.5 Å². The van der Waals surface area contributed by atoms with Crippen LogP contribution >= 0.6 is 0 Å². The van der Waals surface area contributed by atoms with Crippen LogP contribution in [0.25, 0.3) is 10.9 Å². The molecule has 0 radical (unpaired) electrons. The highest BCUT2D eigenvalue weighted by molar-refractivity contribution is 6.55. The van der Waals surface area contributed by atoms with Crippen LogP contribution in [0, 0.1) is 0 Å². The summed E-state index contributed by atoms with van der Waals surface area (Å²) in [5.74, 6) is -0.952. The fourth-order valence-electron chi connectivity index (χ4n) is 2.72. The highest BCUT2D eigenvalue weighted by atomic mass is 16.5. The zero-order valence-corrected chi connectivity index (χ0v) is 11.2. The maximum absolute atomic E-state index is 12.4. The average Bonchev–Trinajstić information content (AvgIpc) is 2.96. The number of phenols is 1. The van der Waals surface area contributed by atoms with E-state index >= 15 is 0 Å². The number of fused-ring (bicyclic) bond motifs is 2. The van der Waals surface area contributed by atoms with Crippen LogP contribution in [0.2, 0.25) is 0 Å². The molecule has 3 N–H and O–H groups in total. The summed E-state index contributed by atoms with van der Waals surface area (Å²) in [7, 11) is 0. The number of aromatic nitrogens is 1. The van der Waals surface area contributed by atoms with Crippen molar-refractivity contribution >= 4 is 28.1 Å². The third-order valence-electron chi connectivity index (χ3n) is 3.74. The minimum absolute atomic E-state index is 0.0585. The van der Waals surface area contributed by atoms with Gasteiger partial charge in [-0.2, -0.15) is 4.73 Å². The predicted molar refractivity (Wildman–Crippen MR) is 79.4 cm³/mol. The molecule has 0 amide bonds.